The molecule has 0 aliphatic heterocycles. The molecule has 0 radical (unpaired) electrons. The quantitative estimate of drug-likeness (QED) is 0.412. The summed E-state index contributed by atoms with van der Waals surface area (Å²) in [7, 11) is 0. The Hall–Kier alpha value is -3.40. The highest BCUT2D eigenvalue weighted by Gasteiger charge is 2.03. The fourth-order valence-corrected chi connectivity index (χ4v) is 3.08. The Morgan fingerprint density at radius 1 is 1.00 bits per heavy atom. The number of amides is 1. The van der Waals surface area contributed by atoms with Crippen LogP contribution in [0, 0.1) is 0 Å². The van der Waals surface area contributed by atoms with E-state index in [0.717, 1.165) is 27.6 Å². The average molecular weight is 386 g/mol. The zero-order chi connectivity index (χ0) is 20.6. The number of allylic oxidation sites excluding steroid dienone is 1. The Labute approximate surface area is 172 Å². The van der Waals surface area contributed by atoms with Crippen LogP contribution >= 0.6 is 0 Å². The SMILES string of the molecule is CC(/C=N\NC(=O)CNc1cccc2ccccc12)=C/c1ccc(C(C)C)cc1. The monoisotopic (exact) mass is 385 g/mol. The Morgan fingerprint density at radius 2 is 1.72 bits per heavy atom. The zero-order valence-electron chi connectivity index (χ0n) is 17.1. The molecule has 0 bridgehead atoms. The maximum absolute atomic E-state index is 12.1. The standard InChI is InChI=1S/C25H27N3O/c1-18(2)21-13-11-20(12-14-21)15-19(3)16-27-28-25(29)17-26-24-10-6-8-22-7-4-5-9-23(22)24/h4-16,18,26H,17H2,1-3H3,(H,28,29)/b19-15-,27-16-. The number of hydrogen-bond acceptors (Lipinski definition) is 3. The molecule has 29 heavy (non-hydrogen) atoms. The average Bonchev–Trinajstić information content (AvgIpc) is 2.72. The second-order valence-corrected chi connectivity index (χ2v) is 7.38. The Morgan fingerprint density at radius 3 is 2.48 bits per heavy atom. The topological polar surface area (TPSA) is 53.5 Å². The minimum atomic E-state index is -0.191. The van der Waals surface area contributed by atoms with Crippen LogP contribution in [0.15, 0.2) is 77.4 Å². The molecule has 0 aliphatic carbocycles. The van der Waals surface area contributed by atoms with Crippen LogP contribution in [0.3, 0.4) is 0 Å². The summed E-state index contributed by atoms with van der Waals surface area (Å²) >= 11 is 0. The molecule has 0 spiro atoms. The van der Waals surface area contributed by atoms with Crippen molar-refractivity contribution in [2.45, 2.75) is 26.7 Å². The first-order valence-electron chi connectivity index (χ1n) is 9.85. The van der Waals surface area contributed by atoms with Crippen molar-refractivity contribution in [3.63, 3.8) is 0 Å². The molecule has 2 N–H and O–H groups in total. The molecule has 1 amide bonds. The van der Waals surface area contributed by atoms with Gasteiger partial charge in [0.2, 0.25) is 0 Å². The van der Waals surface area contributed by atoms with Crippen molar-refractivity contribution in [1.29, 1.82) is 0 Å². The normalized spacial score (nSPS) is 11.9. The van der Waals surface area contributed by atoms with Gasteiger partial charge in [-0.1, -0.05) is 80.6 Å². The molecule has 3 rings (SSSR count). The predicted octanol–water partition coefficient (Wildman–Crippen LogP) is 5.58. The molecular formula is C25H27N3O. The molecular weight excluding hydrogens is 358 g/mol. The van der Waals surface area contributed by atoms with Gasteiger partial charge >= 0.3 is 0 Å². The van der Waals surface area contributed by atoms with Crippen molar-refractivity contribution in [1.82, 2.24) is 5.43 Å². The number of benzene rings is 3. The van der Waals surface area contributed by atoms with E-state index in [0.29, 0.717) is 5.92 Å². The molecule has 0 atom stereocenters. The maximum Gasteiger partial charge on any atom is 0.259 e. The molecule has 0 fully saturated rings. The summed E-state index contributed by atoms with van der Waals surface area (Å²) < 4.78 is 0. The van der Waals surface area contributed by atoms with Crippen LogP contribution in [0.4, 0.5) is 5.69 Å². The van der Waals surface area contributed by atoms with Crippen molar-refractivity contribution >= 4 is 34.7 Å². The summed E-state index contributed by atoms with van der Waals surface area (Å²) in [5, 5.41) is 9.46. The molecule has 0 unspecified atom stereocenters. The van der Waals surface area contributed by atoms with Crippen LogP contribution in [-0.2, 0) is 4.79 Å². The Kier molecular flexibility index (Phi) is 6.80. The summed E-state index contributed by atoms with van der Waals surface area (Å²) in [4.78, 5) is 12.1. The molecule has 0 aliphatic rings. The molecule has 0 saturated carbocycles. The lowest BCUT2D eigenvalue weighted by molar-refractivity contribution is -0.119. The van der Waals surface area contributed by atoms with Gasteiger partial charge in [0.1, 0.15) is 0 Å². The van der Waals surface area contributed by atoms with Crippen LogP contribution in [-0.4, -0.2) is 18.7 Å². The lowest BCUT2D eigenvalue weighted by atomic mass is 10.0. The minimum Gasteiger partial charge on any atom is -0.376 e. The zero-order valence-corrected chi connectivity index (χ0v) is 17.1. The summed E-state index contributed by atoms with van der Waals surface area (Å²) in [6, 6.07) is 22.6. The number of rotatable bonds is 7. The Balaban J connectivity index is 1.52. The van der Waals surface area contributed by atoms with Gasteiger partial charge in [-0.2, -0.15) is 5.10 Å². The van der Waals surface area contributed by atoms with Crippen LogP contribution in [0.5, 0.6) is 0 Å². The van der Waals surface area contributed by atoms with Crippen molar-refractivity contribution in [3.05, 3.63) is 83.4 Å². The first kappa shape index (κ1) is 20.3. The van der Waals surface area contributed by atoms with Gasteiger partial charge in [-0.15, -0.1) is 0 Å². The van der Waals surface area contributed by atoms with Crippen molar-refractivity contribution in [2.75, 3.05) is 11.9 Å². The number of hydrazone groups is 1. The molecule has 4 nitrogen and oxygen atoms in total. The third-order valence-electron chi connectivity index (χ3n) is 4.68. The van der Waals surface area contributed by atoms with E-state index in [1.54, 1.807) is 6.21 Å². The van der Waals surface area contributed by atoms with Crippen molar-refractivity contribution < 1.29 is 4.79 Å². The minimum absolute atomic E-state index is 0.158. The first-order valence-corrected chi connectivity index (χ1v) is 9.85. The molecule has 148 valence electrons. The van der Waals surface area contributed by atoms with Crippen molar-refractivity contribution in [3.8, 4) is 0 Å². The first-order chi connectivity index (χ1) is 14.0. The molecule has 4 heteroatoms. The van der Waals surface area contributed by atoms with E-state index in [2.05, 4.69) is 66.1 Å². The van der Waals surface area contributed by atoms with E-state index < -0.39 is 0 Å². The largest absolute Gasteiger partial charge is 0.376 e. The summed E-state index contributed by atoms with van der Waals surface area (Å²) in [5.41, 5.74) is 6.90. The van der Waals surface area contributed by atoms with Crippen LogP contribution in [0.25, 0.3) is 16.8 Å². The van der Waals surface area contributed by atoms with Gasteiger partial charge in [-0.3, -0.25) is 4.79 Å². The van der Waals surface area contributed by atoms with Gasteiger partial charge in [0.05, 0.1) is 12.8 Å². The number of nitrogens with zero attached hydrogens (tertiary/aromatic N) is 1. The number of fused-ring (bicyclic) bond motifs is 1. The third-order valence-corrected chi connectivity index (χ3v) is 4.68. The second-order valence-electron chi connectivity index (χ2n) is 7.38. The van der Waals surface area contributed by atoms with Crippen LogP contribution < -0.4 is 10.7 Å². The summed E-state index contributed by atoms with van der Waals surface area (Å²) in [5.74, 6) is 0.330. The number of carbonyl (C=O) groups excluding carboxylic acids is 1. The van der Waals surface area contributed by atoms with E-state index in [4.69, 9.17) is 0 Å². The van der Waals surface area contributed by atoms with Gasteiger partial charge in [0, 0.05) is 11.1 Å². The van der Waals surface area contributed by atoms with E-state index in [9.17, 15) is 4.79 Å². The maximum atomic E-state index is 12.1. The van der Waals surface area contributed by atoms with Gasteiger partial charge < -0.3 is 5.32 Å². The molecule has 0 heterocycles. The summed E-state index contributed by atoms with van der Waals surface area (Å²) in [6.07, 6.45) is 3.69. The number of anilines is 1. The fourth-order valence-electron chi connectivity index (χ4n) is 3.08. The molecule has 3 aromatic carbocycles. The highest BCUT2D eigenvalue weighted by Crippen LogP contribution is 2.22. The second kappa shape index (κ2) is 9.69. The smallest absolute Gasteiger partial charge is 0.259 e. The molecule has 0 saturated heterocycles. The number of carbonyl (C=O) groups is 1. The van der Waals surface area contributed by atoms with Crippen LogP contribution in [0.1, 0.15) is 37.8 Å². The van der Waals surface area contributed by atoms with Crippen molar-refractivity contribution in [2.24, 2.45) is 5.10 Å². The number of nitrogens with one attached hydrogen (secondary N) is 2. The number of hydrogen-bond donors (Lipinski definition) is 2. The third kappa shape index (κ3) is 5.79. The Bertz CT molecular complexity index is 1030. The van der Waals surface area contributed by atoms with Gasteiger partial charge in [0.15, 0.2) is 0 Å². The highest BCUT2D eigenvalue weighted by molar-refractivity contribution is 5.95. The lowest BCUT2D eigenvalue weighted by Crippen LogP contribution is -2.25. The molecule has 0 aromatic heterocycles. The fraction of sp³-hybridized carbons (Fsp3) is 0.200. The van der Waals surface area contributed by atoms with E-state index in [1.807, 2.05) is 43.3 Å². The van der Waals surface area contributed by atoms with E-state index in [-0.39, 0.29) is 12.5 Å². The molecule has 3 aromatic rings. The van der Waals surface area contributed by atoms with Crippen LogP contribution in [0.2, 0.25) is 0 Å². The van der Waals surface area contributed by atoms with Gasteiger partial charge in [0.25, 0.3) is 5.91 Å². The van der Waals surface area contributed by atoms with E-state index in [1.165, 1.54) is 5.56 Å². The van der Waals surface area contributed by atoms with Gasteiger partial charge in [-0.05, 0) is 41.0 Å². The summed E-state index contributed by atoms with van der Waals surface area (Å²) in [6.45, 7) is 6.48. The predicted molar refractivity (Wildman–Crippen MR) is 123 cm³/mol. The van der Waals surface area contributed by atoms with Gasteiger partial charge in [-0.25, -0.2) is 5.43 Å². The lowest BCUT2D eigenvalue weighted by Gasteiger charge is -2.08. The highest BCUT2D eigenvalue weighted by atomic mass is 16.2. The van der Waals surface area contributed by atoms with E-state index >= 15 is 0 Å².